The third-order valence-electron chi connectivity index (χ3n) is 4.80. The molecular formula is C20H21N3O3S. The van der Waals surface area contributed by atoms with Crippen molar-refractivity contribution in [2.45, 2.75) is 6.92 Å². The number of aromatic nitrogens is 1. The Hall–Kier alpha value is -2.80. The lowest BCUT2D eigenvalue weighted by molar-refractivity contribution is 0.0745. The van der Waals surface area contributed by atoms with Crippen molar-refractivity contribution in [2.24, 2.45) is 0 Å². The summed E-state index contributed by atoms with van der Waals surface area (Å²) in [5, 5.41) is 3.07. The van der Waals surface area contributed by atoms with Crippen LogP contribution in [0.2, 0.25) is 0 Å². The van der Waals surface area contributed by atoms with Gasteiger partial charge in [0, 0.05) is 37.1 Å². The van der Waals surface area contributed by atoms with E-state index in [1.165, 1.54) is 0 Å². The number of furan rings is 1. The lowest BCUT2D eigenvalue weighted by Crippen LogP contribution is -2.48. The van der Waals surface area contributed by atoms with Crippen LogP contribution in [0.15, 0.2) is 46.4 Å². The van der Waals surface area contributed by atoms with E-state index in [9.17, 15) is 4.79 Å². The molecule has 1 saturated heterocycles. The van der Waals surface area contributed by atoms with Crippen LogP contribution in [0.25, 0.3) is 11.3 Å². The second-order valence-electron chi connectivity index (χ2n) is 6.41. The van der Waals surface area contributed by atoms with Crippen molar-refractivity contribution in [1.29, 1.82) is 0 Å². The van der Waals surface area contributed by atoms with Crippen LogP contribution in [0.4, 0.5) is 5.13 Å². The van der Waals surface area contributed by atoms with Gasteiger partial charge in [-0.05, 0) is 37.3 Å². The monoisotopic (exact) mass is 383 g/mol. The molecule has 0 N–H and O–H groups in total. The van der Waals surface area contributed by atoms with Crippen molar-refractivity contribution in [3.05, 3.63) is 53.3 Å². The highest BCUT2D eigenvalue weighted by molar-refractivity contribution is 7.14. The average molecular weight is 383 g/mol. The molecule has 4 rings (SSSR count). The van der Waals surface area contributed by atoms with Gasteiger partial charge >= 0.3 is 0 Å². The number of ether oxygens (including phenoxy) is 1. The smallest absolute Gasteiger partial charge is 0.257 e. The fraction of sp³-hybridized carbons (Fsp3) is 0.300. The summed E-state index contributed by atoms with van der Waals surface area (Å²) in [6.07, 6.45) is 1.56. The van der Waals surface area contributed by atoms with Crippen LogP contribution in [0, 0.1) is 6.92 Å². The summed E-state index contributed by atoms with van der Waals surface area (Å²) >= 11 is 1.64. The number of benzene rings is 1. The summed E-state index contributed by atoms with van der Waals surface area (Å²) in [5.74, 6) is 1.55. The van der Waals surface area contributed by atoms with Crippen LogP contribution in [0.3, 0.4) is 0 Å². The van der Waals surface area contributed by atoms with Crippen molar-refractivity contribution >= 4 is 22.4 Å². The van der Waals surface area contributed by atoms with Crippen molar-refractivity contribution in [1.82, 2.24) is 9.88 Å². The minimum atomic E-state index is 0.0407. The topological polar surface area (TPSA) is 58.8 Å². The first kappa shape index (κ1) is 17.6. The van der Waals surface area contributed by atoms with E-state index in [2.05, 4.69) is 10.3 Å². The molecule has 27 heavy (non-hydrogen) atoms. The molecule has 2 aromatic heterocycles. The Balaban J connectivity index is 1.40. The molecule has 6 nitrogen and oxygen atoms in total. The van der Waals surface area contributed by atoms with Gasteiger partial charge in [0.25, 0.3) is 5.91 Å². The zero-order valence-electron chi connectivity index (χ0n) is 15.3. The third-order valence-corrected chi connectivity index (χ3v) is 5.71. The molecule has 3 heterocycles. The van der Waals surface area contributed by atoms with Crippen molar-refractivity contribution in [3.63, 3.8) is 0 Å². The van der Waals surface area contributed by atoms with E-state index in [-0.39, 0.29) is 5.91 Å². The molecule has 0 bridgehead atoms. The number of hydrogen-bond acceptors (Lipinski definition) is 6. The molecule has 1 fully saturated rings. The van der Waals surface area contributed by atoms with Gasteiger partial charge in [-0.25, -0.2) is 4.98 Å². The maximum Gasteiger partial charge on any atom is 0.257 e. The van der Waals surface area contributed by atoms with Crippen LogP contribution in [0.1, 0.15) is 16.1 Å². The molecule has 1 aliphatic heterocycles. The van der Waals surface area contributed by atoms with Crippen LogP contribution >= 0.6 is 11.3 Å². The highest BCUT2D eigenvalue weighted by Crippen LogP contribution is 2.29. The Bertz CT molecular complexity index is 924. The molecule has 0 atom stereocenters. The Morgan fingerprint density at radius 2 is 1.89 bits per heavy atom. The van der Waals surface area contributed by atoms with E-state index in [1.54, 1.807) is 30.8 Å². The zero-order chi connectivity index (χ0) is 18.8. The number of nitrogens with zero attached hydrogens (tertiary/aromatic N) is 3. The largest absolute Gasteiger partial charge is 0.497 e. The third kappa shape index (κ3) is 3.55. The van der Waals surface area contributed by atoms with E-state index >= 15 is 0 Å². The molecule has 3 aromatic rings. The average Bonchev–Trinajstić information content (AvgIpc) is 3.37. The molecule has 0 spiro atoms. The molecule has 0 aliphatic carbocycles. The van der Waals surface area contributed by atoms with Gasteiger partial charge in [0.15, 0.2) is 5.13 Å². The predicted octanol–water partition coefficient (Wildman–Crippen LogP) is 3.68. The first-order valence-electron chi connectivity index (χ1n) is 8.84. The van der Waals surface area contributed by atoms with E-state index in [4.69, 9.17) is 14.1 Å². The number of piperazine rings is 1. The van der Waals surface area contributed by atoms with Crippen LogP contribution in [-0.4, -0.2) is 49.1 Å². The summed E-state index contributed by atoms with van der Waals surface area (Å²) in [4.78, 5) is 21.5. The van der Waals surface area contributed by atoms with Crippen molar-refractivity contribution in [2.75, 3.05) is 38.2 Å². The zero-order valence-corrected chi connectivity index (χ0v) is 16.2. The second-order valence-corrected chi connectivity index (χ2v) is 7.25. The van der Waals surface area contributed by atoms with Gasteiger partial charge in [-0.1, -0.05) is 0 Å². The lowest BCUT2D eigenvalue weighted by atomic mass is 10.2. The first-order valence-corrected chi connectivity index (χ1v) is 9.72. The summed E-state index contributed by atoms with van der Waals surface area (Å²) in [6.45, 7) is 4.73. The fourth-order valence-electron chi connectivity index (χ4n) is 3.18. The molecule has 7 heteroatoms. The minimum absolute atomic E-state index is 0.0407. The van der Waals surface area contributed by atoms with Gasteiger partial charge in [-0.3, -0.25) is 4.79 Å². The minimum Gasteiger partial charge on any atom is -0.497 e. The Morgan fingerprint density at radius 1 is 1.15 bits per heavy atom. The Morgan fingerprint density at radius 3 is 2.52 bits per heavy atom. The molecule has 1 amide bonds. The normalized spacial score (nSPS) is 14.4. The number of carbonyl (C=O) groups excluding carboxylic acids is 1. The van der Waals surface area contributed by atoms with E-state index in [0.29, 0.717) is 24.4 Å². The molecule has 140 valence electrons. The number of aryl methyl sites for hydroxylation is 1. The Kier molecular flexibility index (Phi) is 4.85. The number of thiazole rings is 1. The summed E-state index contributed by atoms with van der Waals surface area (Å²) in [5.41, 5.74) is 2.69. The van der Waals surface area contributed by atoms with Gasteiger partial charge in [-0.15, -0.1) is 11.3 Å². The molecular weight excluding hydrogens is 362 g/mol. The highest BCUT2D eigenvalue weighted by atomic mass is 32.1. The number of methoxy groups -OCH3 is 1. The van der Waals surface area contributed by atoms with E-state index in [0.717, 1.165) is 35.2 Å². The van der Waals surface area contributed by atoms with E-state index in [1.807, 2.05) is 36.1 Å². The highest BCUT2D eigenvalue weighted by Gasteiger charge is 2.25. The number of rotatable bonds is 4. The number of hydrogen-bond donors (Lipinski definition) is 0. The Labute approximate surface area is 162 Å². The summed E-state index contributed by atoms with van der Waals surface area (Å²) in [7, 11) is 1.66. The molecule has 0 radical (unpaired) electrons. The van der Waals surface area contributed by atoms with Gasteiger partial charge in [0.2, 0.25) is 0 Å². The van der Waals surface area contributed by atoms with Crippen LogP contribution in [0.5, 0.6) is 5.75 Å². The summed E-state index contributed by atoms with van der Waals surface area (Å²) < 4.78 is 10.5. The van der Waals surface area contributed by atoms with Crippen molar-refractivity contribution < 1.29 is 13.9 Å². The van der Waals surface area contributed by atoms with Gasteiger partial charge < -0.3 is 19.0 Å². The second kappa shape index (κ2) is 7.44. The molecule has 0 unspecified atom stereocenters. The molecule has 0 saturated carbocycles. The molecule has 1 aromatic carbocycles. The number of anilines is 1. The molecule has 1 aliphatic rings. The van der Waals surface area contributed by atoms with E-state index < -0.39 is 0 Å². The van der Waals surface area contributed by atoms with Gasteiger partial charge in [0.05, 0.1) is 24.6 Å². The fourth-order valence-corrected chi connectivity index (χ4v) is 4.07. The number of carbonyl (C=O) groups is 1. The standard InChI is InChI=1S/C20H21N3O3S/c1-14-17(7-12-26-14)19(24)22-8-10-23(11-9-22)20-21-18(13-27-20)15-3-5-16(25-2)6-4-15/h3-7,12-13H,8-11H2,1-2H3. The SMILES string of the molecule is COc1ccc(-c2csc(N3CCN(C(=O)c4ccoc4C)CC3)n2)cc1. The predicted molar refractivity (Wildman–Crippen MR) is 106 cm³/mol. The van der Waals surface area contributed by atoms with Gasteiger partial charge in [-0.2, -0.15) is 0 Å². The maximum atomic E-state index is 12.6. The van der Waals surface area contributed by atoms with Gasteiger partial charge in [0.1, 0.15) is 11.5 Å². The van der Waals surface area contributed by atoms with Crippen LogP contribution in [-0.2, 0) is 0 Å². The number of amides is 1. The lowest BCUT2D eigenvalue weighted by Gasteiger charge is -2.34. The van der Waals surface area contributed by atoms with Crippen LogP contribution < -0.4 is 9.64 Å². The maximum absolute atomic E-state index is 12.6. The summed E-state index contributed by atoms with van der Waals surface area (Å²) in [6, 6.07) is 9.65. The first-order chi connectivity index (χ1) is 13.2. The van der Waals surface area contributed by atoms with Crippen molar-refractivity contribution in [3.8, 4) is 17.0 Å². The quantitative estimate of drug-likeness (QED) is 0.688.